The minimum Gasteiger partial charge on any atom is -0.414 e. The highest BCUT2D eigenvalue weighted by molar-refractivity contribution is 6.74. The van der Waals surface area contributed by atoms with E-state index in [2.05, 4.69) is 33.9 Å². The van der Waals surface area contributed by atoms with Gasteiger partial charge in [0.2, 0.25) is 0 Å². The number of ketones is 1. The molecule has 0 atom stereocenters. The van der Waals surface area contributed by atoms with Crippen LogP contribution in [0.4, 0.5) is 0 Å². The minimum absolute atomic E-state index is 0.290. The van der Waals surface area contributed by atoms with Crippen LogP contribution in [0.1, 0.15) is 72.1 Å². The van der Waals surface area contributed by atoms with Gasteiger partial charge in [0.15, 0.2) is 8.32 Å². The molecule has 0 aromatic rings. The number of carbonyl (C=O) groups excluding carboxylic acids is 1. The van der Waals surface area contributed by atoms with E-state index in [1.54, 1.807) is 0 Å². The monoisotopic (exact) mass is 284 g/mol. The second-order valence-electron chi connectivity index (χ2n) is 7.53. The van der Waals surface area contributed by atoms with Gasteiger partial charge in [0.25, 0.3) is 0 Å². The van der Waals surface area contributed by atoms with Crippen LogP contribution in [0.5, 0.6) is 0 Å². The number of Topliss-reactive ketones (excluding diaryl/α,β-unsaturated/α-hetero) is 1. The summed E-state index contributed by atoms with van der Waals surface area (Å²) in [6, 6.07) is 0. The number of hydrogen-bond donors (Lipinski definition) is 0. The Morgan fingerprint density at radius 2 is 1.47 bits per heavy atom. The lowest BCUT2D eigenvalue weighted by Crippen LogP contribution is -2.44. The fraction of sp³-hybridized carbons (Fsp3) is 0.938. The summed E-state index contributed by atoms with van der Waals surface area (Å²) in [5.74, 6) is 0.462. The number of carbonyl (C=O) groups is 1. The van der Waals surface area contributed by atoms with Crippen LogP contribution in [-0.4, -0.2) is 20.2 Å². The van der Waals surface area contributed by atoms with E-state index in [1.807, 2.05) is 0 Å². The summed E-state index contributed by atoms with van der Waals surface area (Å²) in [5, 5.41) is 0.290. The Bertz CT molecular complexity index is 278. The molecule has 0 spiro atoms. The zero-order chi connectivity index (χ0) is 14.5. The smallest absolute Gasteiger partial charge is 0.192 e. The first kappa shape index (κ1) is 16.9. The van der Waals surface area contributed by atoms with Crippen molar-refractivity contribution < 1.29 is 9.22 Å². The molecule has 1 saturated carbocycles. The van der Waals surface area contributed by atoms with Crippen LogP contribution in [0.25, 0.3) is 0 Å². The van der Waals surface area contributed by atoms with Crippen LogP contribution in [0.15, 0.2) is 0 Å². The first-order valence-electron chi connectivity index (χ1n) is 7.92. The zero-order valence-electron chi connectivity index (χ0n) is 13.6. The SMILES string of the molecule is CC(C)(C)[Si](C)(C)OC1CCCCC(=O)CCCC1. The normalized spacial score (nSPS) is 21.4. The van der Waals surface area contributed by atoms with Crippen molar-refractivity contribution in [3.05, 3.63) is 0 Å². The molecule has 0 amide bonds. The molecule has 1 fully saturated rings. The summed E-state index contributed by atoms with van der Waals surface area (Å²) >= 11 is 0. The third-order valence-corrected chi connectivity index (χ3v) is 9.27. The lowest BCUT2D eigenvalue weighted by molar-refractivity contribution is -0.119. The van der Waals surface area contributed by atoms with Crippen LogP contribution < -0.4 is 0 Å². The summed E-state index contributed by atoms with van der Waals surface area (Å²) in [4.78, 5) is 11.5. The van der Waals surface area contributed by atoms with Crippen molar-refractivity contribution >= 4 is 14.1 Å². The Kier molecular flexibility index (Phi) is 6.25. The van der Waals surface area contributed by atoms with Gasteiger partial charge in [-0.15, -0.1) is 0 Å². The Labute approximate surface area is 120 Å². The highest BCUT2D eigenvalue weighted by atomic mass is 28.4. The quantitative estimate of drug-likeness (QED) is 0.661. The largest absolute Gasteiger partial charge is 0.414 e. The summed E-state index contributed by atoms with van der Waals surface area (Å²) in [5.41, 5.74) is 0. The number of hydrogen-bond acceptors (Lipinski definition) is 2. The van der Waals surface area contributed by atoms with Crippen molar-refractivity contribution in [3.63, 3.8) is 0 Å². The Morgan fingerprint density at radius 1 is 1.00 bits per heavy atom. The van der Waals surface area contributed by atoms with E-state index >= 15 is 0 Å². The maximum absolute atomic E-state index is 11.5. The molecular weight excluding hydrogens is 252 g/mol. The Morgan fingerprint density at radius 3 is 1.89 bits per heavy atom. The molecule has 1 aliphatic rings. The molecule has 0 aliphatic heterocycles. The molecule has 1 rings (SSSR count). The highest BCUT2D eigenvalue weighted by Crippen LogP contribution is 2.38. The molecular formula is C16H32O2Si. The van der Waals surface area contributed by atoms with E-state index in [4.69, 9.17) is 4.43 Å². The van der Waals surface area contributed by atoms with E-state index in [9.17, 15) is 4.79 Å². The average molecular weight is 285 g/mol. The van der Waals surface area contributed by atoms with Crippen molar-refractivity contribution in [2.45, 2.75) is 96.4 Å². The van der Waals surface area contributed by atoms with E-state index in [1.165, 1.54) is 0 Å². The van der Waals surface area contributed by atoms with Gasteiger partial charge < -0.3 is 4.43 Å². The van der Waals surface area contributed by atoms with Crippen molar-refractivity contribution in [2.24, 2.45) is 0 Å². The molecule has 0 aromatic carbocycles. The highest BCUT2D eigenvalue weighted by Gasteiger charge is 2.38. The molecule has 112 valence electrons. The molecule has 2 nitrogen and oxygen atoms in total. The molecule has 0 unspecified atom stereocenters. The molecule has 1 aliphatic carbocycles. The standard InChI is InChI=1S/C16H32O2Si/c1-16(2,3)19(4,5)18-15-12-8-6-10-14(17)11-7-9-13-15/h15H,6-13H2,1-5H3. The Hall–Kier alpha value is -0.153. The van der Waals surface area contributed by atoms with Gasteiger partial charge in [-0.3, -0.25) is 4.79 Å². The van der Waals surface area contributed by atoms with Crippen molar-refractivity contribution in [3.8, 4) is 0 Å². The molecule has 0 heterocycles. The van der Waals surface area contributed by atoms with Crippen LogP contribution >= 0.6 is 0 Å². The maximum Gasteiger partial charge on any atom is 0.192 e. The van der Waals surface area contributed by atoms with E-state index in [0.717, 1.165) is 51.4 Å². The predicted molar refractivity (Wildman–Crippen MR) is 84.0 cm³/mol. The van der Waals surface area contributed by atoms with E-state index < -0.39 is 8.32 Å². The summed E-state index contributed by atoms with van der Waals surface area (Å²) in [6.07, 6.45) is 8.66. The molecule has 0 bridgehead atoms. The third kappa shape index (κ3) is 5.78. The Balaban J connectivity index is 2.54. The fourth-order valence-corrected chi connectivity index (χ4v) is 3.79. The van der Waals surface area contributed by atoms with Gasteiger partial charge >= 0.3 is 0 Å². The maximum atomic E-state index is 11.5. The average Bonchev–Trinajstić information content (AvgIpc) is 2.28. The molecule has 0 aromatic heterocycles. The molecule has 0 N–H and O–H groups in total. The third-order valence-electron chi connectivity index (χ3n) is 4.73. The van der Waals surface area contributed by atoms with E-state index in [0.29, 0.717) is 11.9 Å². The van der Waals surface area contributed by atoms with Gasteiger partial charge in [-0.2, -0.15) is 0 Å². The summed E-state index contributed by atoms with van der Waals surface area (Å²) < 4.78 is 6.56. The molecule has 3 heteroatoms. The lowest BCUT2D eigenvalue weighted by Gasteiger charge is -2.39. The molecule has 0 radical (unpaired) electrons. The lowest BCUT2D eigenvalue weighted by atomic mass is 9.99. The minimum atomic E-state index is -1.64. The first-order valence-corrected chi connectivity index (χ1v) is 10.8. The number of rotatable bonds is 2. The van der Waals surface area contributed by atoms with Crippen LogP contribution in [-0.2, 0) is 9.22 Å². The first-order chi connectivity index (χ1) is 8.72. The predicted octanol–water partition coefficient (Wildman–Crippen LogP) is 5.08. The molecule has 19 heavy (non-hydrogen) atoms. The summed E-state index contributed by atoms with van der Waals surface area (Å²) in [7, 11) is -1.64. The fourth-order valence-electron chi connectivity index (χ4n) is 2.37. The van der Waals surface area contributed by atoms with E-state index in [-0.39, 0.29) is 5.04 Å². The van der Waals surface area contributed by atoms with Gasteiger partial charge in [-0.05, 0) is 43.8 Å². The zero-order valence-corrected chi connectivity index (χ0v) is 14.6. The second-order valence-corrected chi connectivity index (χ2v) is 12.3. The van der Waals surface area contributed by atoms with Gasteiger partial charge in [-0.25, -0.2) is 0 Å². The van der Waals surface area contributed by atoms with Crippen LogP contribution in [0.3, 0.4) is 0 Å². The van der Waals surface area contributed by atoms with Crippen LogP contribution in [0.2, 0.25) is 18.1 Å². The van der Waals surface area contributed by atoms with Gasteiger partial charge in [0, 0.05) is 18.9 Å². The van der Waals surface area contributed by atoms with Gasteiger partial charge in [0.1, 0.15) is 5.78 Å². The van der Waals surface area contributed by atoms with Crippen molar-refractivity contribution in [2.75, 3.05) is 0 Å². The summed E-state index contributed by atoms with van der Waals surface area (Å²) in [6.45, 7) is 11.6. The van der Waals surface area contributed by atoms with Crippen LogP contribution in [0, 0.1) is 0 Å². The van der Waals surface area contributed by atoms with Gasteiger partial charge in [-0.1, -0.05) is 33.6 Å². The topological polar surface area (TPSA) is 26.3 Å². The van der Waals surface area contributed by atoms with Crippen molar-refractivity contribution in [1.82, 2.24) is 0 Å². The second kappa shape index (κ2) is 7.03. The van der Waals surface area contributed by atoms with Gasteiger partial charge in [0.05, 0.1) is 0 Å². The van der Waals surface area contributed by atoms with Crippen molar-refractivity contribution in [1.29, 1.82) is 0 Å². The molecule has 0 saturated heterocycles.